The van der Waals surface area contributed by atoms with Crippen LogP contribution in [0.3, 0.4) is 0 Å². The molecule has 5 nitrogen and oxygen atoms in total. The highest BCUT2D eigenvalue weighted by atomic mass is 16.5. The number of rotatable bonds is 5. The Morgan fingerprint density at radius 1 is 0.889 bits per heavy atom. The SMILES string of the molecule is CC(C)c1ccc(C(=O)N2CCN(C(=O)COc3ccccc3)CC2)cc1. The van der Waals surface area contributed by atoms with E-state index in [0.29, 0.717) is 43.4 Å². The van der Waals surface area contributed by atoms with Crippen LogP contribution in [0.5, 0.6) is 5.75 Å². The van der Waals surface area contributed by atoms with Crippen LogP contribution in [0.1, 0.15) is 35.7 Å². The maximum Gasteiger partial charge on any atom is 0.260 e. The van der Waals surface area contributed by atoms with Crippen molar-refractivity contribution < 1.29 is 14.3 Å². The van der Waals surface area contributed by atoms with E-state index in [9.17, 15) is 9.59 Å². The van der Waals surface area contributed by atoms with Crippen LogP contribution in [0.4, 0.5) is 0 Å². The van der Waals surface area contributed by atoms with Gasteiger partial charge in [0.2, 0.25) is 0 Å². The summed E-state index contributed by atoms with van der Waals surface area (Å²) in [5.74, 6) is 1.11. The Bertz CT molecular complexity index is 764. The first kappa shape index (κ1) is 19.0. The molecule has 0 N–H and O–H groups in total. The van der Waals surface area contributed by atoms with Gasteiger partial charge in [0, 0.05) is 31.7 Å². The van der Waals surface area contributed by atoms with Crippen molar-refractivity contribution in [1.29, 1.82) is 0 Å². The molecule has 1 fully saturated rings. The predicted molar refractivity (Wildman–Crippen MR) is 105 cm³/mol. The van der Waals surface area contributed by atoms with Crippen LogP contribution in [0.2, 0.25) is 0 Å². The summed E-state index contributed by atoms with van der Waals surface area (Å²) in [6.45, 7) is 6.45. The second-order valence-corrected chi connectivity index (χ2v) is 7.05. The molecule has 0 spiro atoms. The zero-order chi connectivity index (χ0) is 19.2. The number of amides is 2. The van der Waals surface area contributed by atoms with E-state index in [0.717, 1.165) is 0 Å². The first-order chi connectivity index (χ1) is 13.0. The third kappa shape index (κ3) is 4.88. The molecule has 0 radical (unpaired) electrons. The number of piperazine rings is 1. The second kappa shape index (κ2) is 8.71. The molecule has 0 atom stereocenters. The Balaban J connectivity index is 1.49. The standard InChI is InChI=1S/C22H26N2O3/c1-17(2)18-8-10-19(11-9-18)22(26)24-14-12-23(13-15-24)21(25)16-27-20-6-4-3-5-7-20/h3-11,17H,12-16H2,1-2H3. The van der Waals surface area contributed by atoms with E-state index in [1.807, 2.05) is 59.5 Å². The van der Waals surface area contributed by atoms with Crippen molar-refractivity contribution in [3.8, 4) is 5.75 Å². The molecule has 1 aliphatic heterocycles. The molecule has 1 aliphatic rings. The molecule has 3 rings (SSSR count). The molecule has 0 aliphatic carbocycles. The van der Waals surface area contributed by atoms with Crippen LogP contribution in [0.25, 0.3) is 0 Å². The van der Waals surface area contributed by atoms with Crippen molar-refractivity contribution in [3.63, 3.8) is 0 Å². The monoisotopic (exact) mass is 366 g/mol. The van der Waals surface area contributed by atoms with Crippen LogP contribution in [-0.4, -0.2) is 54.4 Å². The molecule has 142 valence electrons. The molecule has 2 amide bonds. The normalized spacial score (nSPS) is 14.3. The van der Waals surface area contributed by atoms with E-state index in [-0.39, 0.29) is 18.4 Å². The first-order valence-corrected chi connectivity index (χ1v) is 9.39. The number of ether oxygens (including phenoxy) is 1. The number of hydrogen-bond acceptors (Lipinski definition) is 3. The summed E-state index contributed by atoms with van der Waals surface area (Å²) in [7, 11) is 0. The largest absolute Gasteiger partial charge is 0.484 e. The Morgan fingerprint density at radius 3 is 2.07 bits per heavy atom. The molecule has 0 unspecified atom stereocenters. The first-order valence-electron chi connectivity index (χ1n) is 9.39. The van der Waals surface area contributed by atoms with Crippen molar-refractivity contribution in [2.24, 2.45) is 0 Å². The van der Waals surface area contributed by atoms with E-state index in [1.54, 1.807) is 4.90 Å². The highest BCUT2D eigenvalue weighted by Gasteiger charge is 2.25. The molecule has 2 aromatic carbocycles. The minimum absolute atomic E-state index is 0.0224. The molecular weight excluding hydrogens is 340 g/mol. The zero-order valence-electron chi connectivity index (χ0n) is 15.9. The van der Waals surface area contributed by atoms with Gasteiger partial charge in [-0.2, -0.15) is 0 Å². The summed E-state index contributed by atoms with van der Waals surface area (Å²) in [6.07, 6.45) is 0. The van der Waals surface area contributed by atoms with Gasteiger partial charge in [0.05, 0.1) is 0 Å². The van der Waals surface area contributed by atoms with Crippen LogP contribution >= 0.6 is 0 Å². The minimum atomic E-state index is -0.0489. The fraction of sp³-hybridized carbons (Fsp3) is 0.364. The van der Waals surface area contributed by atoms with Crippen molar-refractivity contribution in [3.05, 3.63) is 65.7 Å². The highest BCUT2D eigenvalue weighted by Crippen LogP contribution is 2.16. The molecule has 0 bridgehead atoms. The van der Waals surface area contributed by atoms with Crippen molar-refractivity contribution in [2.75, 3.05) is 32.8 Å². The number of carbonyl (C=O) groups excluding carboxylic acids is 2. The van der Waals surface area contributed by atoms with Gasteiger partial charge in [-0.05, 0) is 35.7 Å². The molecule has 27 heavy (non-hydrogen) atoms. The minimum Gasteiger partial charge on any atom is -0.484 e. The number of nitrogens with zero attached hydrogens (tertiary/aromatic N) is 2. The molecule has 5 heteroatoms. The Hall–Kier alpha value is -2.82. The molecule has 0 saturated carbocycles. The summed E-state index contributed by atoms with van der Waals surface area (Å²) < 4.78 is 5.52. The number of carbonyl (C=O) groups is 2. The van der Waals surface area contributed by atoms with E-state index >= 15 is 0 Å². The van der Waals surface area contributed by atoms with E-state index < -0.39 is 0 Å². The van der Waals surface area contributed by atoms with Gasteiger partial charge in [-0.25, -0.2) is 0 Å². The maximum absolute atomic E-state index is 12.7. The van der Waals surface area contributed by atoms with Crippen LogP contribution < -0.4 is 4.74 Å². The summed E-state index contributed by atoms with van der Waals surface area (Å²) in [5.41, 5.74) is 1.92. The highest BCUT2D eigenvalue weighted by molar-refractivity contribution is 5.94. The lowest BCUT2D eigenvalue weighted by Gasteiger charge is -2.34. The van der Waals surface area contributed by atoms with E-state index in [2.05, 4.69) is 13.8 Å². The average Bonchev–Trinajstić information content (AvgIpc) is 2.72. The summed E-state index contributed by atoms with van der Waals surface area (Å²) in [6, 6.07) is 17.1. The molecule has 1 heterocycles. The fourth-order valence-corrected chi connectivity index (χ4v) is 3.11. The van der Waals surface area contributed by atoms with Crippen LogP contribution in [0, 0.1) is 0 Å². The predicted octanol–water partition coefficient (Wildman–Crippen LogP) is 3.17. The molecule has 1 saturated heterocycles. The number of hydrogen-bond donors (Lipinski definition) is 0. The van der Waals surface area contributed by atoms with Gasteiger partial charge in [0.25, 0.3) is 11.8 Å². The van der Waals surface area contributed by atoms with Gasteiger partial charge in [-0.3, -0.25) is 9.59 Å². The maximum atomic E-state index is 12.7. The molecule has 2 aromatic rings. The third-order valence-electron chi connectivity index (χ3n) is 4.85. The van der Waals surface area contributed by atoms with Crippen molar-refractivity contribution in [1.82, 2.24) is 9.80 Å². The Kier molecular flexibility index (Phi) is 6.12. The summed E-state index contributed by atoms with van der Waals surface area (Å²) >= 11 is 0. The van der Waals surface area contributed by atoms with Gasteiger partial charge in [-0.1, -0.05) is 44.2 Å². The average molecular weight is 366 g/mol. The lowest BCUT2D eigenvalue weighted by atomic mass is 10.0. The topological polar surface area (TPSA) is 49.9 Å². The second-order valence-electron chi connectivity index (χ2n) is 7.05. The van der Waals surface area contributed by atoms with Crippen LogP contribution in [-0.2, 0) is 4.79 Å². The van der Waals surface area contributed by atoms with Gasteiger partial charge in [-0.15, -0.1) is 0 Å². The number of benzene rings is 2. The fourth-order valence-electron chi connectivity index (χ4n) is 3.11. The lowest BCUT2D eigenvalue weighted by Crippen LogP contribution is -2.51. The molecular formula is C22H26N2O3. The Morgan fingerprint density at radius 2 is 1.48 bits per heavy atom. The van der Waals surface area contributed by atoms with Crippen molar-refractivity contribution >= 4 is 11.8 Å². The molecule has 0 aromatic heterocycles. The number of para-hydroxylation sites is 1. The third-order valence-corrected chi connectivity index (χ3v) is 4.85. The van der Waals surface area contributed by atoms with Gasteiger partial charge in [0.15, 0.2) is 6.61 Å². The van der Waals surface area contributed by atoms with Gasteiger partial charge >= 0.3 is 0 Å². The lowest BCUT2D eigenvalue weighted by molar-refractivity contribution is -0.134. The van der Waals surface area contributed by atoms with Crippen LogP contribution in [0.15, 0.2) is 54.6 Å². The quantitative estimate of drug-likeness (QED) is 0.817. The zero-order valence-corrected chi connectivity index (χ0v) is 15.9. The van der Waals surface area contributed by atoms with Crippen molar-refractivity contribution in [2.45, 2.75) is 19.8 Å². The Labute approximate surface area is 160 Å². The van der Waals surface area contributed by atoms with Gasteiger partial charge in [0.1, 0.15) is 5.75 Å². The van der Waals surface area contributed by atoms with Gasteiger partial charge < -0.3 is 14.5 Å². The summed E-state index contributed by atoms with van der Waals surface area (Å²) in [4.78, 5) is 28.6. The summed E-state index contributed by atoms with van der Waals surface area (Å²) in [5, 5.41) is 0. The van der Waals surface area contributed by atoms with E-state index in [4.69, 9.17) is 4.74 Å². The smallest absolute Gasteiger partial charge is 0.260 e. The van der Waals surface area contributed by atoms with E-state index in [1.165, 1.54) is 5.56 Å².